The first-order valence-corrected chi connectivity index (χ1v) is 12.5. The fraction of sp³-hybridized carbons (Fsp3) is 0.143. The molecule has 0 fully saturated rings. The lowest BCUT2D eigenvalue weighted by Crippen LogP contribution is -2.32. The summed E-state index contributed by atoms with van der Waals surface area (Å²) in [5.74, 6) is -0.447. The molecule has 3 aromatic carbocycles. The van der Waals surface area contributed by atoms with Gasteiger partial charge in [0.2, 0.25) is 0 Å². The van der Waals surface area contributed by atoms with Gasteiger partial charge in [0.1, 0.15) is 5.82 Å². The molecule has 1 unspecified atom stereocenters. The highest BCUT2D eigenvalue weighted by Gasteiger charge is 2.25. The normalized spacial score (nSPS) is 11.8. The lowest BCUT2D eigenvalue weighted by Gasteiger charge is -2.16. The molecule has 2 heterocycles. The van der Waals surface area contributed by atoms with E-state index in [-0.39, 0.29) is 0 Å². The molecule has 0 saturated heterocycles. The number of carbonyl (C=O) groups excluding carboxylic acids is 2. The van der Waals surface area contributed by atoms with E-state index in [0.29, 0.717) is 28.5 Å². The maximum absolute atomic E-state index is 13.1. The number of ether oxygens (including phenoxy) is 1. The van der Waals surface area contributed by atoms with Crippen molar-refractivity contribution in [2.24, 2.45) is 0 Å². The smallest absolute Gasteiger partial charge is 0.339 e. The standard InChI is InChI=1S/C28H24N4O3S/c1-3-24(26(33)32-28-31-23(16-36-28)18-14-12-17(2)13-15-18)35-27(34)20-9-5-4-8-19(20)25-29-21-10-6-7-11-22(21)30-25/h4-16,24H,3H2,1-2H3,(H,29,30)(H,31,32,33). The first kappa shape index (κ1) is 23.4. The molecule has 0 spiro atoms. The van der Waals surface area contributed by atoms with Crippen LogP contribution in [-0.4, -0.2) is 32.9 Å². The van der Waals surface area contributed by atoms with Gasteiger partial charge in [0, 0.05) is 16.5 Å². The number of nitrogens with one attached hydrogen (secondary N) is 2. The molecule has 180 valence electrons. The number of aromatic amines is 1. The number of H-pyrrole nitrogens is 1. The Morgan fingerprint density at radius 1 is 1.00 bits per heavy atom. The molecule has 2 N–H and O–H groups in total. The van der Waals surface area contributed by atoms with E-state index in [0.717, 1.165) is 27.9 Å². The van der Waals surface area contributed by atoms with Gasteiger partial charge in [-0.15, -0.1) is 11.3 Å². The van der Waals surface area contributed by atoms with Crippen molar-refractivity contribution in [1.29, 1.82) is 0 Å². The van der Waals surface area contributed by atoms with Gasteiger partial charge in [-0.25, -0.2) is 14.8 Å². The Balaban J connectivity index is 1.31. The molecule has 7 nitrogen and oxygen atoms in total. The number of imidazole rings is 1. The van der Waals surface area contributed by atoms with E-state index in [4.69, 9.17) is 4.74 Å². The number of amides is 1. The number of thiazole rings is 1. The predicted molar refractivity (Wildman–Crippen MR) is 142 cm³/mol. The SMILES string of the molecule is CCC(OC(=O)c1ccccc1-c1nc2ccccc2[nH]1)C(=O)Nc1nc(-c2ccc(C)cc2)cs1. The van der Waals surface area contributed by atoms with E-state index in [1.807, 2.05) is 66.9 Å². The zero-order valence-electron chi connectivity index (χ0n) is 19.8. The number of anilines is 1. The van der Waals surface area contributed by atoms with Crippen LogP contribution in [0.2, 0.25) is 0 Å². The maximum Gasteiger partial charge on any atom is 0.339 e. The van der Waals surface area contributed by atoms with Crippen LogP contribution < -0.4 is 5.32 Å². The summed E-state index contributed by atoms with van der Waals surface area (Å²) in [4.78, 5) is 38.4. The third kappa shape index (κ3) is 4.89. The lowest BCUT2D eigenvalue weighted by atomic mass is 10.1. The number of hydrogen-bond donors (Lipinski definition) is 2. The molecule has 0 radical (unpaired) electrons. The number of aryl methyl sites for hydroxylation is 1. The van der Waals surface area contributed by atoms with Gasteiger partial charge >= 0.3 is 5.97 Å². The Bertz CT molecular complexity index is 1510. The van der Waals surface area contributed by atoms with Crippen molar-refractivity contribution in [3.05, 3.63) is 89.3 Å². The summed E-state index contributed by atoms with van der Waals surface area (Å²) >= 11 is 1.33. The van der Waals surface area contributed by atoms with E-state index in [1.165, 1.54) is 11.3 Å². The number of esters is 1. The molecule has 0 aliphatic rings. The van der Waals surface area contributed by atoms with E-state index in [9.17, 15) is 9.59 Å². The van der Waals surface area contributed by atoms with Crippen LogP contribution in [-0.2, 0) is 9.53 Å². The summed E-state index contributed by atoms with van der Waals surface area (Å²) < 4.78 is 5.64. The van der Waals surface area contributed by atoms with Crippen LogP contribution in [0.4, 0.5) is 5.13 Å². The van der Waals surface area contributed by atoms with Crippen molar-refractivity contribution in [1.82, 2.24) is 15.0 Å². The number of para-hydroxylation sites is 2. The van der Waals surface area contributed by atoms with E-state index < -0.39 is 18.0 Å². The van der Waals surface area contributed by atoms with Crippen molar-refractivity contribution in [3.8, 4) is 22.6 Å². The van der Waals surface area contributed by atoms with Crippen LogP contribution in [0, 0.1) is 6.92 Å². The molecule has 5 aromatic rings. The van der Waals surface area contributed by atoms with Crippen LogP contribution in [0.25, 0.3) is 33.7 Å². The Morgan fingerprint density at radius 2 is 1.75 bits per heavy atom. The summed E-state index contributed by atoms with van der Waals surface area (Å²) in [6.45, 7) is 3.82. The second-order valence-corrected chi connectivity index (χ2v) is 9.20. The predicted octanol–water partition coefficient (Wildman–Crippen LogP) is 6.24. The number of aromatic nitrogens is 3. The van der Waals surface area contributed by atoms with Gasteiger partial charge in [-0.1, -0.05) is 67.1 Å². The minimum Gasteiger partial charge on any atom is -0.449 e. The number of fused-ring (bicyclic) bond motifs is 1. The second kappa shape index (κ2) is 10.1. The Kier molecular flexibility index (Phi) is 6.60. The molecule has 8 heteroatoms. The molecule has 0 saturated carbocycles. The lowest BCUT2D eigenvalue weighted by molar-refractivity contribution is -0.124. The average Bonchev–Trinajstić information content (AvgIpc) is 3.54. The third-order valence-electron chi connectivity index (χ3n) is 5.79. The van der Waals surface area contributed by atoms with Gasteiger partial charge < -0.3 is 9.72 Å². The molecule has 0 aliphatic carbocycles. The zero-order valence-corrected chi connectivity index (χ0v) is 20.6. The summed E-state index contributed by atoms with van der Waals surface area (Å²) in [5, 5.41) is 5.13. The second-order valence-electron chi connectivity index (χ2n) is 8.34. The van der Waals surface area contributed by atoms with Crippen LogP contribution in [0.3, 0.4) is 0 Å². The van der Waals surface area contributed by atoms with Gasteiger partial charge in [0.15, 0.2) is 11.2 Å². The molecule has 0 aliphatic heterocycles. The monoisotopic (exact) mass is 496 g/mol. The highest BCUT2D eigenvalue weighted by atomic mass is 32.1. The van der Waals surface area contributed by atoms with Crippen LogP contribution in [0.15, 0.2) is 78.2 Å². The van der Waals surface area contributed by atoms with Gasteiger partial charge in [0.05, 0.1) is 22.3 Å². The van der Waals surface area contributed by atoms with E-state index in [2.05, 4.69) is 20.3 Å². The van der Waals surface area contributed by atoms with Gasteiger partial charge in [-0.2, -0.15) is 0 Å². The Hall–Kier alpha value is -4.30. The van der Waals surface area contributed by atoms with Gasteiger partial charge in [-0.3, -0.25) is 10.1 Å². The Morgan fingerprint density at radius 3 is 2.53 bits per heavy atom. The fourth-order valence-electron chi connectivity index (χ4n) is 3.84. The summed E-state index contributed by atoms with van der Waals surface area (Å²) in [7, 11) is 0. The highest BCUT2D eigenvalue weighted by Crippen LogP contribution is 2.27. The van der Waals surface area contributed by atoms with E-state index in [1.54, 1.807) is 25.1 Å². The topological polar surface area (TPSA) is 97.0 Å². The Labute approximate surface area is 212 Å². The molecule has 5 rings (SSSR count). The molecule has 0 bridgehead atoms. The summed E-state index contributed by atoms with van der Waals surface area (Å²) in [6.07, 6.45) is -0.645. The highest BCUT2D eigenvalue weighted by molar-refractivity contribution is 7.14. The number of benzene rings is 3. The first-order valence-electron chi connectivity index (χ1n) is 11.6. The molecular weight excluding hydrogens is 472 g/mol. The molecule has 1 amide bonds. The fourth-order valence-corrected chi connectivity index (χ4v) is 4.56. The van der Waals surface area contributed by atoms with Crippen molar-refractivity contribution in [3.63, 3.8) is 0 Å². The maximum atomic E-state index is 13.1. The summed E-state index contributed by atoms with van der Waals surface area (Å²) in [5.41, 5.74) is 5.52. The van der Waals surface area contributed by atoms with Gasteiger partial charge in [0.25, 0.3) is 5.91 Å². The minimum atomic E-state index is -0.965. The molecule has 2 aromatic heterocycles. The molecule has 1 atom stereocenters. The quantitative estimate of drug-likeness (QED) is 0.260. The van der Waals surface area contributed by atoms with Crippen molar-refractivity contribution < 1.29 is 14.3 Å². The zero-order chi connectivity index (χ0) is 25.1. The number of hydrogen-bond acceptors (Lipinski definition) is 6. The number of nitrogens with zero attached hydrogens (tertiary/aromatic N) is 2. The molecule has 36 heavy (non-hydrogen) atoms. The summed E-state index contributed by atoms with van der Waals surface area (Å²) in [6, 6.07) is 22.7. The third-order valence-corrected chi connectivity index (χ3v) is 6.54. The van der Waals surface area contributed by atoms with Crippen molar-refractivity contribution in [2.45, 2.75) is 26.4 Å². The van der Waals surface area contributed by atoms with Crippen molar-refractivity contribution in [2.75, 3.05) is 5.32 Å². The molecular formula is C28H24N4O3S. The van der Waals surface area contributed by atoms with Crippen LogP contribution in [0.5, 0.6) is 0 Å². The van der Waals surface area contributed by atoms with Crippen LogP contribution >= 0.6 is 11.3 Å². The van der Waals surface area contributed by atoms with Crippen molar-refractivity contribution >= 4 is 39.4 Å². The number of carbonyl (C=O) groups is 2. The van der Waals surface area contributed by atoms with Crippen LogP contribution in [0.1, 0.15) is 29.3 Å². The average molecular weight is 497 g/mol. The largest absolute Gasteiger partial charge is 0.449 e. The van der Waals surface area contributed by atoms with Gasteiger partial charge in [-0.05, 0) is 31.5 Å². The van der Waals surface area contributed by atoms with E-state index >= 15 is 0 Å². The number of rotatable bonds is 7. The minimum absolute atomic E-state index is 0.320. The first-order chi connectivity index (χ1) is 17.5.